The molecular weight excluding hydrogens is 216 g/mol. The second-order valence-corrected chi connectivity index (χ2v) is 6.48. The number of rotatable bonds is 3. The van der Waals surface area contributed by atoms with Gasteiger partial charge in [0, 0.05) is 0 Å². The van der Waals surface area contributed by atoms with Crippen molar-refractivity contribution >= 4 is 10.8 Å². The normalized spacial score (nSPS) is 13.8. The van der Waals surface area contributed by atoms with Gasteiger partial charge >= 0.3 is 0 Å². The van der Waals surface area contributed by atoms with Crippen LogP contribution in [-0.4, -0.2) is 0 Å². The van der Waals surface area contributed by atoms with E-state index in [9.17, 15) is 0 Å². The predicted molar refractivity (Wildman–Crippen MR) is 80.6 cm³/mol. The molecular formula is C18H23. The summed E-state index contributed by atoms with van der Waals surface area (Å²) in [5.41, 5.74) is 1.75. The smallest absolute Gasteiger partial charge is 0.00583 e. The van der Waals surface area contributed by atoms with Crippen LogP contribution in [0.15, 0.2) is 42.5 Å². The molecule has 0 aliphatic carbocycles. The van der Waals surface area contributed by atoms with Crippen LogP contribution in [0.1, 0.15) is 39.7 Å². The molecule has 18 heavy (non-hydrogen) atoms. The van der Waals surface area contributed by atoms with Crippen LogP contribution in [-0.2, 0) is 0 Å². The maximum atomic E-state index is 2.41. The summed E-state index contributed by atoms with van der Waals surface area (Å²) in [6.45, 7) is 9.23. The van der Waals surface area contributed by atoms with Crippen molar-refractivity contribution in [3.63, 3.8) is 0 Å². The standard InChI is InChI=1S/C18H23/c1-14(13-18(2,3)4)12-16-10-7-9-15-8-5-6-11-17(15)16/h5-12,14H,13H2,1-4H3. The average Bonchev–Trinajstić information content (AvgIpc) is 2.27. The van der Waals surface area contributed by atoms with Crippen molar-refractivity contribution < 1.29 is 0 Å². The SMILES string of the molecule is CC([CH]c1cccc2ccccc12)CC(C)(C)C. The highest BCUT2D eigenvalue weighted by molar-refractivity contribution is 5.86. The van der Waals surface area contributed by atoms with E-state index >= 15 is 0 Å². The summed E-state index contributed by atoms with van der Waals surface area (Å²) >= 11 is 0. The van der Waals surface area contributed by atoms with Crippen LogP contribution in [0, 0.1) is 17.8 Å². The van der Waals surface area contributed by atoms with Gasteiger partial charge in [0.2, 0.25) is 0 Å². The first-order valence-corrected chi connectivity index (χ1v) is 6.78. The van der Waals surface area contributed by atoms with Crippen LogP contribution in [0.25, 0.3) is 10.8 Å². The van der Waals surface area contributed by atoms with Crippen molar-refractivity contribution in [2.45, 2.75) is 34.1 Å². The van der Waals surface area contributed by atoms with Crippen LogP contribution < -0.4 is 0 Å². The molecule has 0 aliphatic rings. The Morgan fingerprint density at radius 2 is 1.67 bits per heavy atom. The molecule has 0 heterocycles. The first-order valence-electron chi connectivity index (χ1n) is 6.78. The molecule has 0 spiro atoms. The molecule has 1 radical (unpaired) electrons. The van der Waals surface area contributed by atoms with Crippen LogP contribution in [0.3, 0.4) is 0 Å². The first kappa shape index (κ1) is 13.1. The third-order valence-corrected chi connectivity index (χ3v) is 3.22. The third-order valence-electron chi connectivity index (χ3n) is 3.22. The number of benzene rings is 2. The molecule has 0 saturated heterocycles. The van der Waals surface area contributed by atoms with E-state index in [1.807, 2.05) is 0 Å². The summed E-state index contributed by atoms with van der Waals surface area (Å²) in [5.74, 6) is 0.607. The van der Waals surface area contributed by atoms with Crippen molar-refractivity contribution in [2.24, 2.45) is 11.3 Å². The Bertz CT molecular complexity index is 512. The van der Waals surface area contributed by atoms with Gasteiger partial charge in [0.05, 0.1) is 0 Å². The lowest BCUT2D eigenvalue weighted by molar-refractivity contribution is 0.329. The fourth-order valence-corrected chi connectivity index (χ4v) is 2.73. The molecule has 0 aliphatic heterocycles. The molecule has 2 aromatic rings. The average molecular weight is 239 g/mol. The molecule has 0 amide bonds. The zero-order valence-electron chi connectivity index (χ0n) is 11.9. The Kier molecular flexibility index (Phi) is 3.75. The Morgan fingerprint density at radius 3 is 2.39 bits per heavy atom. The van der Waals surface area contributed by atoms with Crippen LogP contribution in [0.5, 0.6) is 0 Å². The molecule has 0 bridgehead atoms. The van der Waals surface area contributed by atoms with Gasteiger partial charge < -0.3 is 0 Å². The highest BCUT2D eigenvalue weighted by Crippen LogP contribution is 2.29. The Balaban J connectivity index is 2.21. The van der Waals surface area contributed by atoms with E-state index in [4.69, 9.17) is 0 Å². The minimum absolute atomic E-state index is 0.389. The van der Waals surface area contributed by atoms with E-state index in [1.54, 1.807) is 0 Å². The van der Waals surface area contributed by atoms with Crippen molar-refractivity contribution in [1.29, 1.82) is 0 Å². The molecule has 0 heteroatoms. The third kappa shape index (κ3) is 3.35. The van der Waals surface area contributed by atoms with E-state index < -0.39 is 0 Å². The highest BCUT2D eigenvalue weighted by Gasteiger charge is 2.16. The predicted octanol–water partition coefficient (Wildman–Crippen LogP) is 5.46. The van der Waals surface area contributed by atoms with Gasteiger partial charge in [-0.2, -0.15) is 0 Å². The van der Waals surface area contributed by atoms with E-state index in [-0.39, 0.29) is 0 Å². The first-order chi connectivity index (χ1) is 8.46. The molecule has 0 aromatic heterocycles. The number of hydrogen-bond donors (Lipinski definition) is 0. The van der Waals surface area contributed by atoms with Crippen molar-refractivity contribution in [1.82, 2.24) is 0 Å². The van der Waals surface area contributed by atoms with Gasteiger partial charge in [-0.15, -0.1) is 0 Å². The number of fused-ring (bicyclic) bond motifs is 1. The van der Waals surface area contributed by atoms with Gasteiger partial charge in [0.25, 0.3) is 0 Å². The topological polar surface area (TPSA) is 0 Å². The Hall–Kier alpha value is -1.30. The summed E-state index contributed by atoms with van der Waals surface area (Å²) < 4.78 is 0. The largest absolute Gasteiger partial charge is 0.0619 e. The van der Waals surface area contributed by atoms with Gasteiger partial charge in [-0.25, -0.2) is 0 Å². The lowest BCUT2D eigenvalue weighted by atomic mass is 9.82. The monoisotopic (exact) mass is 239 g/mol. The van der Waals surface area contributed by atoms with Gasteiger partial charge in [-0.3, -0.25) is 0 Å². The maximum absolute atomic E-state index is 2.41. The molecule has 2 aromatic carbocycles. The zero-order valence-corrected chi connectivity index (χ0v) is 11.9. The summed E-state index contributed by atoms with van der Waals surface area (Å²) in [6, 6.07) is 15.2. The molecule has 0 N–H and O–H groups in total. The van der Waals surface area contributed by atoms with E-state index in [0.717, 1.165) is 0 Å². The van der Waals surface area contributed by atoms with E-state index in [1.165, 1.54) is 22.8 Å². The summed E-state index contributed by atoms with van der Waals surface area (Å²) in [6.07, 6.45) is 3.63. The fraction of sp³-hybridized carbons (Fsp3) is 0.389. The molecule has 0 nitrogen and oxygen atoms in total. The van der Waals surface area contributed by atoms with Gasteiger partial charge in [-0.1, -0.05) is 70.2 Å². The van der Waals surface area contributed by atoms with Crippen molar-refractivity contribution in [3.8, 4) is 0 Å². The molecule has 0 fully saturated rings. The molecule has 1 atom stereocenters. The van der Waals surface area contributed by atoms with Crippen molar-refractivity contribution in [2.75, 3.05) is 0 Å². The second-order valence-electron chi connectivity index (χ2n) is 6.48. The maximum Gasteiger partial charge on any atom is -0.00583 e. The summed E-state index contributed by atoms with van der Waals surface area (Å²) in [5, 5.41) is 2.69. The summed E-state index contributed by atoms with van der Waals surface area (Å²) in [7, 11) is 0. The molecule has 2 rings (SSSR count). The van der Waals surface area contributed by atoms with Crippen LogP contribution >= 0.6 is 0 Å². The van der Waals surface area contributed by atoms with Gasteiger partial charge in [0.1, 0.15) is 0 Å². The van der Waals surface area contributed by atoms with Crippen LogP contribution in [0.4, 0.5) is 0 Å². The van der Waals surface area contributed by atoms with Crippen molar-refractivity contribution in [3.05, 3.63) is 54.4 Å². The molecule has 1 unspecified atom stereocenters. The van der Waals surface area contributed by atoms with E-state index in [2.05, 4.69) is 76.6 Å². The fourth-order valence-electron chi connectivity index (χ4n) is 2.73. The van der Waals surface area contributed by atoms with Crippen LogP contribution in [0.2, 0.25) is 0 Å². The Labute approximate surface area is 111 Å². The zero-order chi connectivity index (χ0) is 13.2. The second kappa shape index (κ2) is 5.14. The Morgan fingerprint density at radius 1 is 1.00 bits per heavy atom. The van der Waals surface area contributed by atoms with Gasteiger partial charge in [0.15, 0.2) is 0 Å². The number of hydrogen-bond acceptors (Lipinski definition) is 0. The molecule has 95 valence electrons. The highest BCUT2D eigenvalue weighted by atomic mass is 14.2. The lowest BCUT2D eigenvalue weighted by Gasteiger charge is -2.23. The van der Waals surface area contributed by atoms with Gasteiger partial charge in [-0.05, 0) is 40.5 Å². The quantitative estimate of drug-likeness (QED) is 0.666. The lowest BCUT2D eigenvalue weighted by Crippen LogP contribution is -2.11. The minimum Gasteiger partial charge on any atom is -0.0619 e. The molecule has 0 saturated carbocycles. The van der Waals surface area contributed by atoms with E-state index in [0.29, 0.717) is 11.3 Å². The minimum atomic E-state index is 0.389. The summed E-state index contributed by atoms with van der Waals surface area (Å²) in [4.78, 5) is 0.